The number of hydrogen-bond acceptors (Lipinski definition) is 4. The molecule has 18 heavy (non-hydrogen) atoms. The molecule has 6 nitrogen and oxygen atoms in total. The number of nitriles is 1. The molecule has 0 aliphatic heterocycles. The first-order chi connectivity index (χ1) is 8.52. The van der Waals surface area contributed by atoms with E-state index >= 15 is 0 Å². The number of carbonyl (C=O) groups excluding carboxylic acids is 1. The third kappa shape index (κ3) is 4.14. The van der Waals surface area contributed by atoms with Gasteiger partial charge in [-0.25, -0.2) is 4.79 Å². The Hall–Kier alpha value is -2.55. The zero-order chi connectivity index (χ0) is 13.5. The van der Waals surface area contributed by atoms with Crippen molar-refractivity contribution in [2.75, 3.05) is 6.61 Å². The molecule has 0 aliphatic rings. The highest BCUT2D eigenvalue weighted by Gasteiger charge is 2.18. The average molecular weight is 248 g/mol. The zero-order valence-electron chi connectivity index (χ0n) is 9.71. The van der Waals surface area contributed by atoms with Crippen molar-refractivity contribution in [3.05, 3.63) is 29.8 Å². The fourth-order valence-corrected chi connectivity index (χ4v) is 1.23. The summed E-state index contributed by atoms with van der Waals surface area (Å²) in [6, 6.07) is 7.10. The van der Waals surface area contributed by atoms with Gasteiger partial charge in [0.25, 0.3) is 0 Å². The van der Waals surface area contributed by atoms with Crippen LogP contribution in [0.5, 0.6) is 5.75 Å². The minimum atomic E-state index is -1.17. The summed E-state index contributed by atoms with van der Waals surface area (Å²) in [7, 11) is 0. The maximum atomic E-state index is 10.8. The molecule has 0 aromatic heterocycles. The summed E-state index contributed by atoms with van der Waals surface area (Å²) in [5, 5.41) is 19.7. The third-order valence-corrected chi connectivity index (χ3v) is 2.08. The molecule has 0 heterocycles. The molecule has 1 unspecified atom stereocenters. The lowest BCUT2D eigenvalue weighted by atomic mass is 10.2. The normalized spacial score (nSPS) is 11.1. The molecule has 0 fully saturated rings. The first-order valence-corrected chi connectivity index (χ1v) is 5.16. The molecule has 0 radical (unpaired) electrons. The number of ether oxygens (including phenoxy) is 1. The van der Waals surface area contributed by atoms with Crippen molar-refractivity contribution in [1.29, 1.82) is 5.26 Å². The van der Waals surface area contributed by atoms with Gasteiger partial charge in [-0.05, 0) is 24.3 Å². The van der Waals surface area contributed by atoms with E-state index in [1.807, 2.05) is 6.07 Å². The smallest absolute Gasteiger partial charge is 0.329 e. The van der Waals surface area contributed by atoms with Crippen molar-refractivity contribution < 1.29 is 19.4 Å². The maximum Gasteiger partial charge on any atom is 0.329 e. The SMILES string of the molecule is CC(=O)NC(COc1ccc(C#N)cc1)C(=O)O. The summed E-state index contributed by atoms with van der Waals surface area (Å²) in [5.41, 5.74) is 0.485. The first kappa shape index (κ1) is 13.5. The molecule has 6 heteroatoms. The van der Waals surface area contributed by atoms with E-state index in [1.165, 1.54) is 6.92 Å². The average Bonchev–Trinajstić information content (AvgIpc) is 2.34. The minimum absolute atomic E-state index is 0.180. The molecular weight excluding hydrogens is 236 g/mol. The fourth-order valence-electron chi connectivity index (χ4n) is 1.23. The Kier molecular flexibility index (Phi) is 4.69. The largest absolute Gasteiger partial charge is 0.491 e. The Balaban J connectivity index is 2.58. The van der Waals surface area contributed by atoms with Crippen LogP contribution in [0.15, 0.2) is 24.3 Å². The molecule has 1 amide bonds. The van der Waals surface area contributed by atoms with E-state index in [2.05, 4.69) is 5.32 Å². The van der Waals surface area contributed by atoms with Crippen LogP contribution in [0.1, 0.15) is 12.5 Å². The number of amides is 1. The summed E-state index contributed by atoms with van der Waals surface area (Å²) < 4.78 is 5.22. The standard InChI is InChI=1S/C12H12N2O4/c1-8(15)14-11(12(16)17)7-18-10-4-2-9(6-13)3-5-10/h2-5,11H,7H2,1H3,(H,14,15)(H,16,17). The van der Waals surface area contributed by atoms with Gasteiger partial charge in [-0.15, -0.1) is 0 Å². The van der Waals surface area contributed by atoms with Crippen LogP contribution in [0.2, 0.25) is 0 Å². The number of benzene rings is 1. The zero-order valence-corrected chi connectivity index (χ0v) is 9.71. The Morgan fingerprint density at radius 2 is 2.06 bits per heavy atom. The van der Waals surface area contributed by atoms with Crippen LogP contribution in [-0.4, -0.2) is 29.6 Å². The summed E-state index contributed by atoms with van der Waals surface area (Å²) >= 11 is 0. The highest BCUT2D eigenvalue weighted by molar-refractivity contribution is 5.82. The van der Waals surface area contributed by atoms with E-state index in [9.17, 15) is 9.59 Å². The number of carboxylic acid groups (broad SMARTS) is 1. The second kappa shape index (κ2) is 6.25. The number of nitrogens with one attached hydrogen (secondary N) is 1. The van der Waals surface area contributed by atoms with Crippen molar-refractivity contribution in [3.63, 3.8) is 0 Å². The molecule has 1 rings (SSSR count). The number of aliphatic carboxylic acids is 1. The molecule has 94 valence electrons. The molecule has 1 aromatic rings. The second-order valence-electron chi connectivity index (χ2n) is 3.54. The van der Waals surface area contributed by atoms with Crippen molar-refractivity contribution in [3.8, 4) is 11.8 Å². The van der Waals surface area contributed by atoms with Crippen LogP contribution in [0.25, 0.3) is 0 Å². The molecule has 0 spiro atoms. The second-order valence-corrected chi connectivity index (χ2v) is 3.54. The van der Waals surface area contributed by atoms with Gasteiger partial charge in [-0.3, -0.25) is 4.79 Å². The Labute approximate surface area is 104 Å². The highest BCUT2D eigenvalue weighted by atomic mass is 16.5. The van der Waals surface area contributed by atoms with Gasteiger partial charge < -0.3 is 15.2 Å². The molecule has 0 saturated heterocycles. The Morgan fingerprint density at radius 1 is 1.44 bits per heavy atom. The van der Waals surface area contributed by atoms with Crippen LogP contribution in [-0.2, 0) is 9.59 Å². The van der Waals surface area contributed by atoms with E-state index in [4.69, 9.17) is 15.1 Å². The van der Waals surface area contributed by atoms with Gasteiger partial charge in [0.2, 0.25) is 5.91 Å². The predicted molar refractivity (Wildman–Crippen MR) is 61.9 cm³/mol. The Morgan fingerprint density at radius 3 is 2.50 bits per heavy atom. The lowest BCUT2D eigenvalue weighted by Gasteiger charge is -2.14. The van der Waals surface area contributed by atoms with Crippen molar-refractivity contribution in [2.24, 2.45) is 0 Å². The summed E-state index contributed by atoms with van der Waals surface area (Å²) in [6.45, 7) is 1.05. The first-order valence-electron chi connectivity index (χ1n) is 5.16. The van der Waals surface area contributed by atoms with E-state index in [0.29, 0.717) is 11.3 Å². The predicted octanol–water partition coefficient (Wildman–Crippen LogP) is 0.526. The van der Waals surface area contributed by atoms with Crippen molar-refractivity contribution in [2.45, 2.75) is 13.0 Å². The number of nitrogens with zero attached hydrogens (tertiary/aromatic N) is 1. The van der Waals surface area contributed by atoms with Gasteiger partial charge >= 0.3 is 5.97 Å². The molecule has 1 aromatic carbocycles. The number of hydrogen-bond donors (Lipinski definition) is 2. The van der Waals surface area contributed by atoms with Crippen molar-refractivity contribution >= 4 is 11.9 Å². The van der Waals surface area contributed by atoms with E-state index < -0.39 is 17.9 Å². The highest BCUT2D eigenvalue weighted by Crippen LogP contribution is 2.11. The summed E-state index contributed by atoms with van der Waals surface area (Å²) in [6.07, 6.45) is 0. The van der Waals surface area contributed by atoms with Gasteiger partial charge in [0.05, 0.1) is 11.6 Å². The lowest BCUT2D eigenvalue weighted by molar-refractivity contribution is -0.142. The number of rotatable bonds is 5. The molecule has 2 N–H and O–H groups in total. The lowest BCUT2D eigenvalue weighted by Crippen LogP contribution is -2.43. The van der Waals surface area contributed by atoms with E-state index in [-0.39, 0.29) is 6.61 Å². The van der Waals surface area contributed by atoms with Gasteiger partial charge in [0.15, 0.2) is 6.04 Å². The van der Waals surface area contributed by atoms with Gasteiger partial charge in [-0.2, -0.15) is 5.26 Å². The van der Waals surface area contributed by atoms with Crippen molar-refractivity contribution in [1.82, 2.24) is 5.32 Å². The topological polar surface area (TPSA) is 99.4 Å². The Bertz CT molecular complexity index is 476. The van der Waals surface area contributed by atoms with Crippen LogP contribution < -0.4 is 10.1 Å². The number of carbonyl (C=O) groups is 2. The molecular formula is C12H12N2O4. The maximum absolute atomic E-state index is 10.8. The minimum Gasteiger partial charge on any atom is -0.491 e. The molecule has 0 aliphatic carbocycles. The van der Waals surface area contributed by atoms with E-state index in [0.717, 1.165) is 0 Å². The van der Waals surface area contributed by atoms with Crippen LogP contribution in [0.3, 0.4) is 0 Å². The van der Waals surface area contributed by atoms with Crippen LogP contribution in [0, 0.1) is 11.3 Å². The third-order valence-electron chi connectivity index (χ3n) is 2.08. The van der Waals surface area contributed by atoms with Crippen LogP contribution >= 0.6 is 0 Å². The van der Waals surface area contributed by atoms with Gasteiger partial charge in [0.1, 0.15) is 12.4 Å². The fraction of sp³-hybridized carbons (Fsp3) is 0.250. The monoisotopic (exact) mass is 248 g/mol. The quantitative estimate of drug-likeness (QED) is 0.791. The van der Waals surface area contributed by atoms with Gasteiger partial charge in [0, 0.05) is 6.92 Å². The summed E-state index contributed by atoms with van der Waals surface area (Å²) in [4.78, 5) is 21.6. The molecule has 0 bridgehead atoms. The molecule has 0 saturated carbocycles. The van der Waals surface area contributed by atoms with Crippen LogP contribution in [0.4, 0.5) is 0 Å². The summed E-state index contributed by atoms with van der Waals surface area (Å²) in [5.74, 6) is -1.17. The van der Waals surface area contributed by atoms with Gasteiger partial charge in [-0.1, -0.05) is 0 Å². The van der Waals surface area contributed by atoms with E-state index in [1.54, 1.807) is 24.3 Å². The number of carboxylic acids is 1. The molecule has 1 atom stereocenters.